The average Bonchev–Trinajstić information content (AvgIpc) is 3.03. The Morgan fingerprint density at radius 3 is 2.48 bits per heavy atom. The van der Waals surface area contributed by atoms with E-state index in [-0.39, 0.29) is 10.8 Å². The van der Waals surface area contributed by atoms with E-state index in [1.807, 2.05) is 19.1 Å². The van der Waals surface area contributed by atoms with Crippen molar-refractivity contribution in [2.24, 2.45) is 0 Å². The Morgan fingerprint density at radius 2 is 1.84 bits per heavy atom. The van der Waals surface area contributed by atoms with Crippen molar-refractivity contribution in [1.29, 1.82) is 0 Å². The van der Waals surface area contributed by atoms with Crippen molar-refractivity contribution in [2.45, 2.75) is 29.6 Å². The third kappa shape index (κ3) is 3.99. The van der Waals surface area contributed by atoms with Crippen LogP contribution in [-0.4, -0.2) is 26.6 Å². The molecular formula is C18H20N2O3S2. The van der Waals surface area contributed by atoms with Gasteiger partial charge in [0, 0.05) is 23.5 Å². The Labute approximate surface area is 152 Å². The van der Waals surface area contributed by atoms with Crippen molar-refractivity contribution < 1.29 is 13.2 Å². The molecule has 1 N–H and O–H groups in total. The van der Waals surface area contributed by atoms with Gasteiger partial charge in [-0.05, 0) is 48.6 Å². The third-order valence-electron chi connectivity index (χ3n) is 3.96. The monoisotopic (exact) mass is 376 g/mol. The largest absolute Gasteiger partial charge is 0.312 e. The van der Waals surface area contributed by atoms with Gasteiger partial charge in [-0.1, -0.05) is 19.1 Å². The first kappa shape index (κ1) is 17.8. The van der Waals surface area contributed by atoms with Gasteiger partial charge in [-0.3, -0.25) is 9.52 Å². The fourth-order valence-corrected chi connectivity index (χ4v) is 4.67. The summed E-state index contributed by atoms with van der Waals surface area (Å²) in [5, 5.41) is 0. The first-order valence-corrected chi connectivity index (χ1v) is 10.6. The number of anilines is 2. The minimum atomic E-state index is -3.67. The predicted octanol–water partition coefficient (Wildman–Crippen LogP) is 3.73. The van der Waals surface area contributed by atoms with Crippen molar-refractivity contribution in [3.63, 3.8) is 0 Å². The molecule has 3 rings (SSSR count). The van der Waals surface area contributed by atoms with Crippen LogP contribution < -0.4 is 9.62 Å². The van der Waals surface area contributed by atoms with Gasteiger partial charge in [0.1, 0.15) is 0 Å². The highest BCUT2D eigenvalue weighted by Gasteiger charge is 2.22. The first-order valence-electron chi connectivity index (χ1n) is 8.16. The molecule has 1 amide bonds. The number of hydrogen-bond donors (Lipinski definition) is 1. The quantitative estimate of drug-likeness (QED) is 0.780. The van der Waals surface area contributed by atoms with Gasteiger partial charge in [0.15, 0.2) is 0 Å². The highest BCUT2D eigenvalue weighted by atomic mass is 32.2. The SMILES string of the molecule is CCSc1ccccc1NS(=O)(=O)c1ccc(N2CCCC2=O)cc1. The lowest BCUT2D eigenvalue weighted by Crippen LogP contribution is -2.23. The number of carbonyl (C=O) groups excluding carboxylic acids is 1. The minimum absolute atomic E-state index is 0.0826. The molecule has 0 aromatic heterocycles. The van der Waals surface area contributed by atoms with E-state index in [1.54, 1.807) is 53.1 Å². The molecule has 1 fully saturated rings. The second-order valence-corrected chi connectivity index (χ2v) is 8.67. The van der Waals surface area contributed by atoms with Crippen LogP contribution in [-0.2, 0) is 14.8 Å². The average molecular weight is 377 g/mol. The van der Waals surface area contributed by atoms with Gasteiger partial charge in [0.25, 0.3) is 10.0 Å². The Hall–Kier alpha value is -1.99. The van der Waals surface area contributed by atoms with Crippen LogP contribution in [0.15, 0.2) is 58.3 Å². The van der Waals surface area contributed by atoms with Crippen molar-refractivity contribution in [1.82, 2.24) is 0 Å². The van der Waals surface area contributed by atoms with Crippen LogP contribution in [0.1, 0.15) is 19.8 Å². The summed E-state index contributed by atoms with van der Waals surface area (Å²) in [5.41, 5.74) is 1.32. The van der Waals surface area contributed by atoms with Crippen LogP contribution in [0.25, 0.3) is 0 Å². The molecule has 1 heterocycles. The maximum Gasteiger partial charge on any atom is 0.261 e. The van der Waals surface area contributed by atoms with E-state index in [1.165, 1.54) is 0 Å². The summed E-state index contributed by atoms with van der Waals surface area (Å²) < 4.78 is 28.0. The molecule has 0 unspecified atom stereocenters. The summed E-state index contributed by atoms with van der Waals surface area (Å²) in [6.45, 7) is 2.71. The van der Waals surface area contributed by atoms with Gasteiger partial charge in [0.05, 0.1) is 10.6 Å². The summed E-state index contributed by atoms with van der Waals surface area (Å²) in [4.78, 5) is 14.6. The maximum atomic E-state index is 12.7. The molecule has 0 spiro atoms. The standard InChI is InChI=1S/C18H20N2O3S2/c1-2-24-17-7-4-3-6-16(17)19-25(22,23)15-11-9-14(10-12-15)20-13-5-8-18(20)21/h3-4,6-7,9-12,19H,2,5,8,13H2,1H3. The van der Waals surface area contributed by atoms with Gasteiger partial charge >= 0.3 is 0 Å². The number of sulfonamides is 1. The van der Waals surface area contributed by atoms with Crippen LogP contribution in [0.4, 0.5) is 11.4 Å². The Bertz CT molecular complexity index is 864. The van der Waals surface area contributed by atoms with E-state index >= 15 is 0 Å². The smallest absolute Gasteiger partial charge is 0.261 e. The fraction of sp³-hybridized carbons (Fsp3) is 0.278. The lowest BCUT2D eigenvalue weighted by Gasteiger charge is -2.16. The van der Waals surface area contributed by atoms with Crippen molar-refractivity contribution >= 4 is 39.1 Å². The lowest BCUT2D eigenvalue weighted by molar-refractivity contribution is -0.117. The van der Waals surface area contributed by atoms with Gasteiger partial charge in [-0.2, -0.15) is 0 Å². The summed E-state index contributed by atoms with van der Waals surface area (Å²) in [6, 6.07) is 13.8. The molecule has 0 bridgehead atoms. The number of benzene rings is 2. The molecule has 0 atom stereocenters. The number of amides is 1. The van der Waals surface area contributed by atoms with E-state index < -0.39 is 10.0 Å². The number of para-hydroxylation sites is 1. The number of hydrogen-bond acceptors (Lipinski definition) is 4. The molecule has 1 aliphatic rings. The lowest BCUT2D eigenvalue weighted by atomic mass is 10.3. The Kier molecular flexibility index (Phi) is 5.34. The van der Waals surface area contributed by atoms with Crippen molar-refractivity contribution in [3.8, 4) is 0 Å². The summed E-state index contributed by atoms with van der Waals surface area (Å²) in [5.74, 6) is 0.941. The topological polar surface area (TPSA) is 66.5 Å². The predicted molar refractivity (Wildman–Crippen MR) is 102 cm³/mol. The zero-order valence-corrected chi connectivity index (χ0v) is 15.6. The second-order valence-electron chi connectivity index (χ2n) is 5.68. The first-order chi connectivity index (χ1) is 12.0. The third-order valence-corrected chi connectivity index (χ3v) is 6.30. The minimum Gasteiger partial charge on any atom is -0.312 e. The van der Waals surface area contributed by atoms with Crippen LogP contribution in [0.5, 0.6) is 0 Å². The molecule has 0 radical (unpaired) electrons. The fourth-order valence-electron chi connectivity index (χ4n) is 2.76. The molecule has 0 aliphatic carbocycles. The number of nitrogens with one attached hydrogen (secondary N) is 1. The zero-order chi connectivity index (χ0) is 17.9. The maximum absolute atomic E-state index is 12.7. The molecule has 0 saturated carbocycles. The summed E-state index contributed by atoms with van der Waals surface area (Å²) >= 11 is 1.59. The molecule has 2 aromatic rings. The highest BCUT2D eigenvalue weighted by molar-refractivity contribution is 7.99. The van der Waals surface area contributed by atoms with E-state index in [2.05, 4.69) is 4.72 Å². The molecule has 2 aromatic carbocycles. The number of carbonyl (C=O) groups is 1. The van der Waals surface area contributed by atoms with E-state index in [4.69, 9.17) is 0 Å². The normalized spacial score (nSPS) is 14.8. The van der Waals surface area contributed by atoms with Crippen molar-refractivity contribution in [3.05, 3.63) is 48.5 Å². The molecule has 5 nitrogen and oxygen atoms in total. The molecule has 1 aliphatic heterocycles. The molecule has 7 heteroatoms. The van der Waals surface area contributed by atoms with Gasteiger partial charge in [0.2, 0.25) is 5.91 Å². The van der Waals surface area contributed by atoms with E-state index in [9.17, 15) is 13.2 Å². The second kappa shape index (κ2) is 7.49. The van der Waals surface area contributed by atoms with Crippen molar-refractivity contribution in [2.75, 3.05) is 21.9 Å². The Balaban J connectivity index is 1.82. The zero-order valence-electron chi connectivity index (χ0n) is 13.9. The molecule has 1 saturated heterocycles. The van der Waals surface area contributed by atoms with Crippen LogP contribution in [0.3, 0.4) is 0 Å². The molecule has 132 valence electrons. The molecular weight excluding hydrogens is 356 g/mol. The number of nitrogens with zero attached hydrogens (tertiary/aromatic N) is 1. The molecule has 25 heavy (non-hydrogen) atoms. The van der Waals surface area contributed by atoms with Crippen LogP contribution in [0, 0.1) is 0 Å². The number of thioether (sulfide) groups is 1. The van der Waals surface area contributed by atoms with Gasteiger partial charge in [-0.25, -0.2) is 8.42 Å². The van der Waals surface area contributed by atoms with E-state index in [0.29, 0.717) is 18.7 Å². The van der Waals surface area contributed by atoms with Gasteiger partial charge in [-0.15, -0.1) is 11.8 Å². The van der Waals surface area contributed by atoms with Gasteiger partial charge < -0.3 is 4.90 Å². The van der Waals surface area contributed by atoms with Crippen LogP contribution >= 0.6 is 11.8 Å². The summed E-state index contributed by atoms with van der Waals surface area (Å²) in [6.07, 6.45) is 1.39. The van der Waals surface area contributed by atoms with Crippen LogP contribution in [0.2, 0.25) is 0 Å². The number of rotatable bonds is 6. The summed E-state index contributed by atoms with van der Waals surface area (Å²) in [7, 11) is -3.67. The van der Waals surface area contributed by atoms with E-state index in [0.717, 1.165) is 22.8 Å². The Morgan fingerprint density at radius 1 is 1.12 bits per heavy atom. The highest BCUT2D eigenvalue weighted by Crippen LogP contribution is 2.29.